The van der Waals surface area contributed by atoms with Crippen LogP contribution in [0.1, 0.15) is 114 Å². The second kappa shape index (κ2) is 12.0. The Labute approximate surface area is 183 Å². The second-order valence-corrected chi connectivity index (χ2v) is 9.98. The molecule has 30 heavy (non-hydrogen) atoms. The van der Waals surface area contributed by atoms with Crippen LogP contribution in [0.25, 0.3) is 0 Å². The van der Waals surface area contributed by atoms with Gasteiger partial charge in [-0.25, -0.2) is 8.78 Å². The van der Waals surface area contributed by atoms with Gasteiger partial charge in [0.15, 0.2) is 11.6 Å². The molecule has 2 aliphatic rings. The maximum absolute atomic E-state index is 14.9. The number of hydrogen-bond acceptors (Lipinski definition) is 0. The van der Waals surface area contributed by atoms with Crippen molar-refractivity contribution in [1.82, 2.24) is 0 Å². The third kappa shape index (κ3) is 6.17. The Morgan fingerprint density at radius 3 is 2.03 bits per heavy atom. The molecule has 168 valence electrons. The quantitative estimate of drug-likeness (QED) is 0.263. The highest BCUT2D eigenvalue weighted by atomic mass is 19.2. The Bertz CT molecular complexity index is 649. The molecule has 0 heterocycles. The molecule has 0 aliphatic heterocycles. The highest BCUT2D eigenvalue weighted by molar-refractivity contribution is 5.29. The molecule has 0 saturated heterocycles. The van der Waals surface area contributed by atoms with Crippen molar-refractivity contribution in [3.8, 4) is 0 Å². The molecule has 2 saturated carbocycles. The molecule has 0 spiro atoms. The van der Waals surface area contributed by atoms with Crippen molar-refractivity contribution < 1.29 is 8.78 Å². The zero-order valence-corrected chi connectivity index (χ0v) is 19.1. The third-order valence-electron chi connectivity index (χ3n) is 8.02. The lowest BCUT2D eigenvalue weighted by molar-refractivity contribution is 0.170. The summed E-state index contributed by atoms with van der Waals surface area (Å²) in [5, 5.41) is 0. The van der Waals surface area contributed by atoms with E-state index in [0.29, 0.717) is 23.5 Å². The number of hydrogen-bond donors (Lipinski definition) is 0. The van der Waals surface area contributed by atoms with Crippen molar-refractivity contribution in [2.24, 2.45) is 17.8 Å². The summed E-state index contributed by atoms with van der Waals surface area (Å²) in [6.45, 7) is 6.16. The van der Waals surface area contributed by atoms with Crippen molar-refractivity contribution in [3.05, 3.63) is 47.5 Å². The number of allylic oxidation sites excluding steroid dienone is 1. The van der Waals surface area contributed by atoms with Gasteiger partial charge in [0.2, 0.25) is 0 Å². The van der Waals surface area contributed by atoms with Crippen molar-refractivity contribution in [3.63, 3.8) is 0 Å². The molecular formula is C28H42F2. The average molecular weight is 417 g/mol. The van der Waals surface area contributed by atoms with E-state index in [1.807, 2.05) is 12.1 Å². The Balaban J connectivity index is 1.48. The standard InChI is InChI=1S/C28H42F2/c1-3-5-6-7-8-9-10-25-19-20-26(28(30)27(25)29)24-17-15-23(16-18-24)22-13-11-21(4-2)12-14-22/h4,19-24H,2-3,5-18H2,1H3. The summed E-state index contributed by atoms with van der Waals surface area (Å²) < 4.78 is 29.6. The Kier molecular flexibility index (Phi) is 9.40. The molecule has 3 rings (SSSR count). The molecule has 0 radical (unpaired) electrons. The summed E-state index contributed by atoms with van der Waals surface area (Å²) in [5.41, 5.74) is 1.20. The summed E-state index contributed by atoms with van der Waals surface area (Å²) in [5.74, 6) is 1.39. The largest absolute Gasteiger partial charge is 0.203 e. The normalized spacial score (nSPS) is 27.2. The van der Waals surface area contributed by atoms with Crippen LogP contribution < -0.4 is 0 Å². The number of unbranched alkanes of at least 4 members (excludes halogenated alkanes) is 5. The van der Waals surface area contributed by atoms with Crippen LogP contribution in [-0.2, 0) is 6.42 Å². The first-order valence-corrected chi connectivity index (χ1v) is 12.7. The molecule has 2 aliphatic carbocycles. The number of halogens is 2. The SMILES string of the molecule is C=CC1CCC(C2CCC(c3ccc(CCCCCCCC)c(F)c3F)CC2)CC1. The molecular weight excluding hydrogens is 374 g/mol. The predicted octanol–water partition coefficient (Wildman–Crippen LogP) is 9.13. The molecule has 0 atom stereocenters. The zero-order valence-electron chi connectivity index (χ0n) is 19.1. The molecule has 0 N–H and O–H groups in total. The van der Waals surface area contributed by atoms with Gasteiger partial charge in [0, 0.05) is 0 Å². The maximum Gasteiger partial charge on any atom is 0.162 e. The monoisotopic (exact) mass is 416 g/mol. The minimum atomic E-state index is -0.578. The van der Waals surface area contributed by atoms with Crippen molar-refractivity contribution >= 4 is 0 Å². The summed E-state index contributed by atoms with van der Waals surface area (Å²) in [6.07, 6.45) is 19.4. The first-order chi connectivity index (χ1) is 14.6. The molecule has 0 bridgehead atoms. The fourth-order valence-corrected chi connectivity index (χ4v) is 5.96. The molecule has 2 heteroatoms. The van der Waals surface area contributed by atoms with Gasteiger partial charge in [-0.05, 0) is 99.0 Å². The topological polar surface area (TPSA) is 0 Å². The highest BCUT2D eigenvalue weighted by Gasteiger charge is 2.32. The summed E-state index contributed by atoms with van der Waals surface area (Å²) in [7, 11) is 0. The van der Waals surface area contributed by atoms with Crippen molar-refractivity contribution in [2.75, 3.05) is 0 Å². The van der Waals surface area contributed by atoms with E-state index in [1.165, 1.54) is 64.2 Å². The summed E-state index contributed by atoms with van der Waals surface area (Å²) in [4.78, 5) is 0. The minimum Gasteiger partial charge on any atom is -0.203 e. The van der Waals surface area contributed by atoms with E-state index in [-0.39, 0.29) is 5.92 Å². The van der Waals surface area contributed by atoms with E-state index in [2.05, 4.69) is 19.6 Å². The Morgan fingerprint density at radius 2 is 1.40 bits per heavy atom. The van der Waals surface area contributed by atoms with Crippen LogP contribution in [0, 0.1) is 29.4 Å². The average Bonchev–Trinajstić information content (AvgIpc) is 2.79. The number of aryl methyl sites for hydroxylation is 1. The lowest BCUT2D eigenvalue weighted by Crippen LogP contribution is -2.25. The number of rotatable bonds is 10. The maximum atomic E-state index is 14.9. The predicted molar refractivity (Wildman–Crippen MR) is 124 cm³/mol. The smallest absolute Gasteiger partial charge is 0.162 e. The van der Waals surface area contributed by atoms with Gasteiger partial charge in [-0.2, -0.15) is 0 Å². The van der Waals surface area contributed by atoms with Crippen LogP contribution in [0.5, 0.6) is 0 Å². The van der Waals surface area contributed by atoms with Crippen molar-refractivity contribution in [1.29, 1.82) is 0 Å². The molecule has 0 amide bonds. The van der Waals surface area contributed by atoms with E-state index >= 15 is 0 Å². The lowest BCUT2D eigenvalue weighted by Gasteiger charge is -2.37. The molecule has 1 aromatic rings. The Morgan fingerprint density at radius 1 is 0.800 bits per heavy atom. The van der Waals surface area contributed by atoms with Crippen LogP contribution >= 0.6 is 0 Å². The van der Waals surface area contributed by atoms with Crippen LogP contribution in [0.4, 0.5) is 8.78 Å². The van der Waals surface area contributed by atoms with Gasteiger partial charge in [-0.15, -0.1) is 6.58 Å². The zero-order chi connectivity index (χ0) is 21.3. The second-order valence-electron chi connectivity index (χ2n) is 9.98. The fraction of sp³-hybridized carbons (Fsp3) is 0.714. The van der Waals surface area contributed by atoms with E-state index in [4.69, 9.17) is 0 Å². The Hall–Kier alpha value is -1.18. The van der Waals surface area contributed by atoms with Gasteiger partial charge >= 0.3 is 0 Å². The third-order valence-corrected chi connectivity index (χ3v) is 8.02. The van der Waals surface area contributed by atoms with E-state index in [9.17, 15) is 8.78 Å². The van der Waals surface area contributed by atoms with Gasteiger partial charge in [0.1, 0.15) is 0 Å². The molecule has 1 aromatic carbocycles. The lowest BCUT2D eigenvalue weighted by atomic mass is 9.68. The minimum absolute atomic E-state index is 0.198. The van der Waals surface area contributed by atoms with Crippen LogP contribution in [0.3, 0.4) is 0 Å². The molecule has 0 nitrogen and oxygen atoms in total. The van der Waals surface area contributed by atoms with E-state index in [1.54, 1.807) is 0 Å². The number of benzene rings is 1. The van der Waals surface area contributed by atoms with Crippen LogP contribution in [0.15, 0.2) is 24.8 Å². The van der Waals surface area contributed by atoms with Crippen LogP contribution in [0.2, 0.25) is 0 Å². The van der Waals surface area contributed by atoms with E-state index in [0.717, 1.165) is 37.5 Å². The van der Waals surface area contributed by atoms with Crippen molar-refractivity contribution in [2.45, 2.75) is 109 Å². The molecule has 2 fully saturated rings. The summed E-state index contributed by atoms with van der Waals surface area (Å²) >= 11 is 0. The van der Waals surface area contributed by atoms with Gasteiger partial charge in [0.25, 0.3) is 0 Å². The fourth-order valence-electron chi connectivity index (χ4n) is 5.96. The summed E-state index contributed by atoms with van der Waals surface area (Å²) in [6, 6.07) is 3.76. The van der Waals surface area contributed by atoms with Gasteiger partial charge < -0.3 is 0 Å². The highest BCUT2D eigenvalue weighted by Crippen LogP contribution is 2.44. The van der Waals surface area contributed by atoms with E-state index < -0.39 is 11.6 Å². The van der Waals surface area contributed by atoms with Crippen LogP contribution in [-0.4, -0.2) is 0 Å². The van der Waals surface area contributed by atoms with Gasteiger partial charge in [-0.3, -0.25) is 0 Å². The first kappa shape index (κ1) is 23.5. The molecule has 0 unspecified atom stereocenters. The van der Waals surface area contributed by atoms with Gasteiger partial charge in [-0.1, -0.05) is 57.2 Å². The van der Waals surface area contributed by atoms with Gasteiger partial charge in [0.05, 0.1) is 0 Å². The molecule has 0 aromatic heterocycles. The first-order valence-electron chi connectivity index (χ1n) is 12.7.